The van der Waals surface area contributed by atoms with E-state index in [9.17, 15) is 24.2 Å². The number of nitrogens with zero attached hydrogens (tertiary/aromatic N) is 2. The summed E-state index contributed by atoms with van der Waals surface area (Å²) in [6, 6.07) is 15.7. The van der Waals surface area contributed by atoms with Crippen molar-refractivity contribution in [3.05, 3.63) is 71.5 Å². The molecule has 2 aliphatic rings. The van der Waals surface area contributed by atoms with Gasteiger partial charge in [-0.05, 0) is 75.0 Å². The van der Waals surface area contributed by atoms with Gasteiger partial charge >= 0.3 is 5.97 Å². The standard InChI is InChI=1S/C29H37FN2O5/c30-24-10-8-23(9-11-24)27(35)32-16-5-4-13-29(28(36)37-21-26(34)25(33)12-17-32)14-18-31(19-15-29)20-22-6-2-1-3-7-22/h1-3,6-11,25-26,33-34H,4-5,12-21H2/t25-,26+/m0/s1. The number of esters is 1. The SMILES string of the molecule is O=C(c1ccc(F)cc1)N1CCCCC2(CCN(Cc3ccccc3)CC2)C(=O)OC[C@@H](O)[C@@H](O)CC1. The maximum absolute atomic E-state index is 13.3. The summed E-state index contributed by atoms with van der Waals surface area (Å²) in [6.07, 6.45) is 1.17. The predicted octanol–water partition coefficient (Wildman–Crippen LogP) is 3.39. The highest BCUT2D eigenvalue weighted by atomic mass is 19.1. The Balaban J connectivity index is 1.43. The van der Waals surface area contributed by atoms with Crippen molar-refractivity contribution in [2.24, 2.45) is 5.41 Å². The molecule has 8 heteroatoms. The normalized spacial score (nSPS) is 24.0. The minimum absolute atomic E-state index is 0.144. The smallest absolute Gasteiger partial charge is 0.312 e. The third-order valence-electron chi connectivity index (χ3n) is 7.73. The molecule has 0 saturated carbocycles. The zero-order valence-electron chi connectivity index (χ0n) is 21.2. The van der Waals surface area contributed by atoms with Crippen LogP contribution < -0.4 is 0 Å². The molecule has 4 rings (SSSR count). The van der Waals surface area contributed by atoms with E-state index in [1.165, 1.54) is 29.8 Å². The van der Waals surface area contributed by atoms with Crippen LogP contribution in [0.4, 0.5) is 4.39 Å². The van der Waals surface area contributed by atoms with Crippen LogP contribution in [0.1, 0.15) is 54.4 Å². The van der Waals surface area contributed by atoms with Gasteiger partial charge in [0, 0.05) is 25.2 Å². The van der Waals surface area contributed by atoms with Gasteiger partial charge in [0.1, 0.15) is 18.5 Å². The molecule has 2 aromatic carbocycles. The molecular formula is C29H37FN2O5. The van der Waals surface area contributed by atoms with E-state index in [2.05, 4.69) is 17.0 Å². The highest BCUT2D eigenvalue weighted by Gasteiger charge is 2.42. The highest BCUT2D eigenvalue weighted by Crippen LogP contribution is 2.38. The first-order valence-corrected chi connectivity index (χ1v) is 13.2. The fourth-order valence-electron chi connectivity index (χ4n) is 5.30. The summed E-state index contributed by atoms with van der Waals surface area (Å²) in [5, 5.41) is 20.9. The molecule has 2 heterocycles. The lowest BCUT2D eigenvalue weighted by atomic mass is 9.74. The molecule has 2 aliphatic heterocycles. The molecule has 2 saturated heterocycles. The van der Waals surface area contributed by atoms with Crippen LogP contribution in [0, 0.1) is 11.2 Å². The van der Waals surface area contributed by atoms with E-state index in [-0.39, 0.29) is 31.4 Å². The van der Waals surface area contributed by atoms with Crippen molar-refractivity contribution in [2.45, 2.75) is 57.3 Å². The summed E-state index contributed by atoms with van der Waals surface area (Å²) in [5.41, 5.74) is 0.970. The maximum Gasteiger partial charge on any atom is 0.312 e. The van der Waals surface area contributed by atoms with Crippen LogP contribution in [0.25, 0.3) is 0 Å². The number of piperidine rings is 1. The van der Waals surface area contributed by atoms with Crippen LogP contribution >= 0.6 is 0 Å². The molecule has 2 atom stereocenters. The maximum atomic E-state index is 13.3. The van der Waals surface area contributed by atoms with Gasteiger partial charge in [0.15, 0.2) is 0 Å². The molecule has 2 aromatic rings. The fraction of sp³-hybridized carbons (Fsp3) is 0.517. The molecule has 0 unspecified atom stereocenters. The molecule has 0 bridgehead atoms. The first-order chi connectivity index (χ1) is 17.9. The van der Waals surface area contributed by atoms with Crippen LogP contribution in [-0.2, 0) is 16.1 Å². The second-order valence-corrected chi connectivity index (χ2v) is 10.3. The van der Waals surface area contributed by atoms with Gasteiger partial charge < -0.3 is 19.8 Å². The summed E-state index contributed by atoms with van der Waals surface area (Å²) >= 11 is 0. The first kappa shape index (κ1) is 27.2. The molecular weight excluding hydrogens is 475 g/mol. The quantitative estimate of drug-likeness (QED) is 0.613. The molecule has 2 N–H and O–H groups in total. The number of amides is 1. The number of likely N-dealkylation sites (tertiary alicyclic amines) is 1. The van der Waals surface area contributed by atoms with Gasteiger partial charge in [0.2, 0.25) is 0 Å². The molecule has 37 heavy (non-hydrogen) atoms. The Morgan fingerprint density at radius 3 is 2.32 bits per heavy atom. The van der Waals surface area contributed by atoms with Crippen molar-refractivity contribution in [1.82, 2.24) is 9.80 Å². The predicted molar refractivity (Wildman–Crippen MR) is 137 cm³/mol. The molecule has 7 nitrogen and oxygen atoms in total. The largest absolute Gasteiger partial charge is 0.462 e. The average Bonchev–Trinajstić information content (AvgIpc) is 2.92. The van der Waals surface area contributed by atoms with E-state index < -0.39 is 23.4 Å². The van der Waals surface area contributed by atoms with Gasteiger partial charge in [0.25, 0.3) is 5.91 Å². The number of carbonyl (C=O) groups is 2. The third-order valence-corrected chi connectivity index (χ3v) is 7.73. The first-order valence-electron chi connectivity index (χ1n) is 13.2. The van der Waals surface area contributed by atoms with Crippen molar-refractivity contribution in [2.75, 3.05) is 32.8 Å². The molecule has 0 aliphatic carbocycles. The van der Waals surface area contributed by atoms with Crippen molar-refractivity contribution in [3.63, 3.8) is 0 Å². The Morgan fingerprint density at radius 1 is 0.919 bits per heavy atom. The molecule has 0 aromatic heterocycles. The number of ether oxygens (including phenoxy) is 1. The third kappa shape index (κ3) is 7.15. The molecule has 2 fully saturated rings. The lowest BCUT2D eigenvalue weighted by Gasteiger charge is -2.40. The van der Waals surface area contributed by atoms with Crippen LogP contribution in [0.2, 0.25) is 0 Å². The van der Waals surface area contributed by atoms with Gasteiger partial charge in [-0.1, -0.05) is 36.8 Å². The van der Waals surface area contributed by atoms with Gasteiger partial charge in [-0.15, -0.1) is 0 Å². The number of carbonyl (C=O) groups excluding carboxylic acids is 2. The lowest BCUT2D eigenvalue weighted by molar-refractivity contribution is -0.165. The van der Waals surface area contributed by atoms with E-state index in [4.69, 9.17) is 4.74 Å². The summed E-state index contributed by atoms with van der Waals surface area (Å²) in [7, 11) is 0. The van der Waals surface area contributed by atoms with Crippen LogP contribution in [0.3, 0.4) is 0 Å². The molecule has 1 amide bonds. The van der Waals surface area contributed by atoms with Crippen molar-refractivity contribution in [3.8, 4) is 0 Å². The zero-order valence-corrected chi connectivity index (χ0v) is 21.2. The van der Waals surface area contributed by atoms with Crippen LogP contribution in [0.15, 0.2) is 54.6 Å². The van der Waals surface area contributed by atoms with E-state index >= 15 is 0 Å². The summed E-state index contributed by atoms with van der Waals surface area (Å²) < 4.78 is 18.9. The number of benzene rings is 2. The molecule has 0 radical (unpaired) electrons. The average molecular weight is 513 g/mol. The molecule has 1 spiro atoms. The van der Waals surface area contributed by atoms with E-state index in [0.717, 1.165) is 26.1 Å². The number of aliphatic hydroxyl groups is 2. The number of rotatable bonds is 3. The summed E-state index contributed by atoms with van der Waals surface area (Å²) in [6.45, 7) is 2.78. The minimum atomic E-state index is -1.23. The highest BCUT2D eigenvalue weighted by molar-refractivity contribution is 5.94. The van der Waals surface area contributed by atoms with E-state index in [1.807, 2.05) is 18.2 Å². The fourth-order valence-corrected chi connectivity index (χ4v) is 5.30. The Morgan fingerprint density at radius 2 is 1.62 bits per heavy atom. The number of halogens is 1. The topological polar surface area (TPSA) is 90.3 Å². The van der Waals surface area contributed by atoms with Crippen molar-refractivity contribution in [1.29, 1.82) is 0 Å². The van der Waals surface area contributed by atoms with Gasteiger partial charge in [-0.3, -0.25) is 14.5 Å². The van der Waals surface area contributed by atoms with E-state index in [1.54, 1.807) is 4.90 Å². The Labute approximate surface area is 217 Å². The second kappa shape index (κ2) is 12.6. The van der Waals surface area contributed by atoms with Crippen molar-refractivity contribution < 1.29 is 28.9 Å². The van der Waals surface area contributed by atoms with E-state index in [0.29, 0.717) is 37.8 Å². The Bertz CT molecular complexity index is 1020. The zero-order chi connectivity index (χ0) is 26.3. The lowest BCUT2D eigenvalue weighted by Crippen LogP contribution is -2.45. The van der Waals surface area contributed by atoms with Crippen LogP contribution in [-0.4, -0.2) is 76.9 Å². The molecule has 200 valence electrons. The minimum Gasteiger partial charge on any atom is -0.462 e. The summed E-state index contributed by atoms with van der Waals surface area (Å²) in [4.78, 5) is 30.3. The number of hydrogen-bond acceptors (Lipinski definition) is 6. The number of hydrogen-bond donors (Lipinski definition) is 2. The number of cyclic esters (lactones) is 1. The number of aliphatic hydroxyl groups excluding tert-OH is 2. The Kier molecular flexibility index (Phi) is 9.29. The van der Waals surface area contributed by atoms with Gasteiger partial charge in [-0.25, -0.2) is 4.39 Å². The second-order valence-electron chi connectivity index (χ2n) is 10.3. The van der Waals surface area contributed by atoms with Gasteiger partial charge in [0.05, 0.1) is 11.5 Å². The van der Waals surface area contributed by atoms with Gasteiger partial charge in [-0.2, -0.15) is 0 Å². The van der Waals surface area contributed by atoms with Crippen LogP contribution in [0.5, 0.6) is 0 Å². The monoisotopic (exact) mass is 512 g/mol. The van der Waals surface area contributed by atoms with Crippen molar-refractivity contribution >= 4 is 11.9 Å². The summed E-state index contributed by atoms with van der Waals surface area (Å²) in [5.74, 6) is -0.964. The Hall–Kier alpha value is -2.81.